The molecular weight excluding hydrogens is 303 g/mol. The quantitative estimate of drug-likeness (QED) is 0.817. The van der Waals surface area contributed by atoms with Crippen LogP contribution in [0, 0.1) is 6.07 Å². The van der Waals surface area contributed by atoms with E-state index in [0.29, 0.717) is 17.1 Å². The fourth-order valence-corrected chi connectivity index (χ4v) is 1.80. The van der Waals surface area contributed by atoms with Crippen LogP contribution in [0.4, 0.5) is 13.2 Å². The van der Waals surface area contributed by atoms with Crippen LogP contribution < -0.4 is 4.74 Å². The number of aromatic nitrogens is 1. The highest BCUT2D eigenvalue weighted by atomic mass is 35.5. The van der Waals surface area contributed by atoms with Crippen molar-refractivity contribution in [3.05, 3.63) is 65.0 Å². The molecule has 2 aromatic rings. The van der Waals surface area contributed by atoms with E-state index in [1.165, 1.54) is 24.3 Å². The van der Waals surface area contributed by atoms with E-state index in [4.69, 9.17) is 11.6 Å². The van der Waals surface area contributed by atoms with Gasteiger partial charge >= 0.3 is 6.36 Å². The van der Waals surface area contributed by atoms with Gasteiger partial charge in [0.2, 0.25) is 0 Å². The van der Waals surface area contributed by atoms with Crippen molar-refractivity contribution >= 4 is 17.7 Å². The second-order valence-electron chi connectivity index (χ2n) is 4.07. The van der Waals surface area contributed by atoms with Gasteiger partial charge in [-0.3, -0.25) is 4.98 Å². The van der Waals surface area contributed by atoms with Gasteiger partial charge < -0.3 is 4.74 Å². The number of benzene rings is 1. The van der Waals surface area contributed by atoms with Crippen molar-refractivity contribution in [2.75, 3.05) is 0 Å². The minimum atomic E-state index is -4.68. The number of ether oxygens (including phenoxy) is 1. The first-order valence-electron chi connectivity index (χ1n) is 5.97. The minimum absolute atomic E-state index is 0.248. The zero-order valence-corrected chi connectivity index (χ0v) is 11.4. The van der Waals surface area contributed by atoms with Gasteiger partial charge in [0.05, 0.1) is 10.7 Å². The Labute approximate surface area is 124 Å². The lowest BCUT2D eigenvalue weighted by molar-refractivity contribution is -0.274. The second kappa shape index (κ2) is 6.63. The van der Waals surface area contributed by atoms with Crippen molar-refractivity contribution in [3.8, 4) is 5.75 Å². The summed E-state index contributed by atoms with van der Waals surface area (Å²) in [5, 5.41) is 0.455. The molecule has 0 fully saturated rings. The van der Waals surface area contributed by atoms with E-state index in [1.54, 1.807) is 18.3 Å². The summed E-state index contributed by atoms with van der Waals surface area (Å²) in [4.78, 5) is 4.10. The number of halogens is 4. The molecule has 0 bridgehead atoms. The molecule has 0 N–H and O–H groups in total. The van der Waals surface area contributed by atoms with Gasteiger partial charge in [0.15, 0.2) is 0 Å². The normalized spacial score (nSPS) is 11.8. The van der Waals surface area contributed by atoms with Crippen molar-refractivity contribution in [1.29, 1.82) is 0 Å². The molecule has 1 radical (unpaired) electrons. The first-order chi connectivity index (χ1) is 9.94. The Kier molecular flexibility index (Phi) is 4.85. The molecule has 0 saturated heterocycles. The Balaban J connectivity index is 1.97. The zero-order valence-electron chi connectivity index (χ0n) is 10.7. The monoisotopic (exact) mass is 312 g/mol. The molecule has 21 heavy (non-hydrogen) atoms. The van der Waals surface area contributed by atoms with E-state index in [1.807, 2.05) is 6.08 Å². The van der Waals surface area contributed by atoms with E-state index in [0.717, 1.165) is 5.56 Å². The van der Waals surface area contributed by atoms with Gasteiger partial charge in [-0.2, -0.15) is 0 Å². The highest BCUT2D eigenvalue weighted by Crippen LogP contribution is 2.23. The van der Waals surface area contributed by atoms with Crippen molar-refractivity contribution in [3.63, 3.8) is 0 Å². The first-order valence-corrected chi connectivity index (χ1v) is 6.35. The van der Waals surface area contributed by atoms with Gasteiger partial charge in [0, 0.05) is 18.7 Å². The molecule has 2 nitrogen and oxygen atoms in total. The Hall–Kier alpha value is -2.01. The molecule has 0 unspecified atom stereocenters. The Morgan fingerprint density at radius 1 is 1.24 bits per heavy atom. The number of nitrogens with zero attached hydrogens (tertiary/aromatic N) is 1. The summed E-state index contributed by atoms with van der Waals surface area (Å²) in [5.41, 5.74) is 1.44. The number of hydrogen-bond donors (Lipinski definition) is 0. The van der Waals surface area contributed by atoms with Crippen LogP contribution in [0.2, 0.25) is 5.02 Å². The van der Waals surface area contributed by atoms with E-state index in [2.05, 4.69) is 15.8 Å². The van der Waals surface area contributed by atoms with Crippen LogP contribution in [-0.2, 0) is 6.42 Å². The van der Waals surface area contributed by atoms with Crippen LogP contribution in [0.3, 0.4) is 0 Å². The molecule has 0 aliphatic rings. The number of allylic oxidation sites excluding steroid dienone is 1. The van der Waals surface area contributed by atoms with Crippen molar-refractivity contribution in [2.45, 2.75) is 12.8 Å². The zero-order chi connectivity index (χ0) is 15.3. The molecule has 0 aliphatic carbocycles. The molecule has 0 aliphatic heterocycles. The van der Waals surface area contributed by atoms with E-state index in [-0.39, 0.29) is 5.75 Å². The third kappa shape index (κ3) is 5.11. The number of rotatable bonds is 4. The lowest BCUT2D eigenvalue weighted by Crippen LogP contribution is -2.16. The van der Waals surface area contributed by atoms with Gasteiger partial charge in [0.1, 0.15) is 5.75 Å². The minimum Gasteiger partial charge on any atom is -0.406 e. The summed E-state index contributed by atoms with van der Waals surface area (Å²) in [5.74, 6) is -0.248. The first kappa shape index (κ1) is 15.4. The molecule has 1 heterocycles. The van der Waals surface area contributed by atoms with Gasteiger partial charge in [-0.1, -0.05) is 35.9 Å². The topological polar surface area (TPSA) is 22.1 Å². The Morgan fingerprint density at radius 3 is 2.57 bits per heavy atom. The summed E-state index contributed by atoms with van der Waals surface area (Å²) >= 11 is 5.91. The van der Waals surface area contributed by atoms with E-state index >= 15 is 0 Å². The molecular formula is C15H10ClF3NO. The highest BCUT2D eigenvalue weighted by molar-refractivity contribution is 6.31. The largest absolute Gasteiger partial charge is 0.573 e. The van der Waals surface area contributed by atoms with E-state index in [9.17, 15) is 13.2 Å². The van der Waals surface area contributed by atoms with Crippen molar-refractivity contribution in [2.24, 2.45) is 0 Å². The van der Waals surface area contributed by atoms with Crippen LogP contribution >= 0.6 is 11.6 Å². The summed E-state index contributed by atoms with van der Waals surface area (Å²) < 4.78 is 39.8. The molecule has 1 aromatic heterocycles. The second-order valence-corrected chi connectivity index (χ2v) is 4.45. The maximum absolute atomic E-state index is 12.0. The third-order valence-electron chi connectivity index (χ3n) is 2.50. The summed E-state index contributed by atoms with van der Waals surface area (Å²) in [6.45, 7) is 0. The maximum atomic E-state index is 12.0. The smallest absolute Gasteiger partial charge is 0.406 e. The molecule has 2 rings (SSSR count). The van der Waals surface area contributed by atoms with Crippen LogP contribution in [0.15, 0.2) is 42.6 Å². The lowest BCUT2D eigenvalue weighted by atomic mass is 10.1. The molecule has 6 heteroatoms. The standard InChI is InChI=1S/C15H10ClF3NO/c16-13-4-2-10-20-14(13)5-1-3-11-6-8-12(9-7-11)21-15(17,18)19/h1-3,6-10H,5H2. The maximum Gasteiger partial charge on any atom is 0.573 e. The van der Waals surface area contributed by atoms with Gasteiger partial charge in [-0.15, -0.1) is 13.2 Å². The molecule has 0 atom stereocenters. The van der Waals surface area contributed by atoms with Gasteiger partial charge in [0.25, 0.3) is 0 Å². The number of pyridine rings is 1. The predicted molar refractivity (Wildman–Crippen MR) is 73.9 cm³/mol. The summed E-state index contributed by atoms with van der Waals surface area (Å²) in [6, 6.07) is 10.0. The third-order valence-corrected chi connectivity index (χ3v) is 2.83. The summed E-state index contributed by atoms with van der Waals surface area (Å²) in [7, 11) is 0. The number of hydrogen-bond acceptors (Lipinski definition) is 2. The average Bonchev–Trinajstić information content (AvgIpc) is 2.41. The van der Waals surface area contributed by atoms with Gasteiger partial charge in [-0.05, 0) is 23.8 Å². The highest BCUT2D eigenvalue weighted by Gasteiger charge is 2.30. The molecule has 0 amide bonds. The van der Waals surface area contributed by atoms with Crippen LogP contribution in [0.25, 0.3) is 6.08 Å². The van der Waals surface area contributed by atoms with Crippen LogP contribution in [-0.4, -0.2) is 11.3 Å². The Morgan fingerprint density at radius 2 is 1.95 bits per heavy atom. The molecule has 0 saturated carbocycles. The SMILES string of the molecule is FC(F)(F)Oc1ccc(C=CCc2ncc[c]c2Cl)cc1. The fourth-order valence-electron chi connectivity index (χ4n) is 1.61. The van der Waals surface area contributed by atoms with Crippen LogP contribution in [0.1, 0.15) is 11.3 Å². The van der Waals surface area contributed by atoms with E-state index < -0.39 is 6.36 Å². The molecule has 1 aromatic carbocycles. The van der Waals surface area contributed by atoms with Crippen molar-refractivity contribution in [1.82, 2.24) is 4.98 Å². The molecule has 109 valence electrons. The van der Waals surface area contributed by atoms with Crippen molar-refractivity contribution < 1.29 is 17.9 Å². The Bertz CT molecular complexity index is 624. The van der Waals surface area contributed by atoms with Gasteiger partial charge in [-0.25, -0.2) is 0 Å². The summed E-state index contributed by atoms with van der Waals surface area (Å²) in [6.07, 6.45) is 1.02. The van der Waals surface area contributed by atoms with Crippen LogP contribution in [0.5, 0.6) is 5.75 Å². The molecule has 0 spiro atoms. The lowest BCUT2D eigenvalue weighted by Gasteiger charge is -2.08. The number of alkyl halides is 3. The fraction of sp³-hybridized carbons (Fsp3) is 0.133. The predicted octanol–water partition coefficient (Wildman–Crippen LogP) is 4.69. The average molecular weight is 313 g/mol.